The molecule has 0 spiro atoms. The number of thioether (sulfide) groups is 1. The Labute approximate surface area is 197 Å². The molecular weight excluding hydrogens is 428 g/mol. The summed E-state index contributed by atoms with van der Waals surface area (Å²) in [5.41, 5.74) is -1.98. The molecule has 0 saturated carbocycles. The van der Waals surface area contributed by atoms with E-state index in [9.17, 15) is 19.5 Å². The van der Waals surface area contributed by atoms with Crippen molar-refractivity contribution >= 4 is 29.7 Å². The average Bonchev–Trinajstić information content (AvgIpc) is 3.03. The van der Waals surface area contributed by atoms with Gasteiger partial charge in [0.15, 0.2) is 0 Å². The smallest absolute Gasteiger partial charge is 0.341 e. The van der Waals surface area contributed by atoms with Crippen molar-refractivity contribution in [2.75, 3.05) is 6.54 Å². The lowest BCUT2D eigenvalue weighted by Crippen LogP contribution is -2.50. The average molecular weight is 471 g/mol. The second-order valence-corrected chi connectivity index (χ2v) is 10.8. The first-order valence-corrected chi connectivity index (χ1v) is 12.8. The van der Waals surface area contributed by atoms with Gasteiger partial charge in [-0.05, 0) is 40.2 Å². The Kier molecular flexibility index (Phi) is 12.2. The SMILES string of the molecule is CCCCCCCCCCCCNC(=O)NC1SC(C(=O)O)=CC1(C)C(=O)OC(C)(C)C. The Balaban J connectivity index is 2.39. The summed E-state index contributed by atoms with van der Waals surface area (Å²) in [5, 5.41) is 14.2. The number of urea groups is 1. The third kappa shape index (κ3) is 10.3. The van der Waals surface area contributed by atoms with E-state index in [2.05, 4.69) is 17.6 Å². The number of nitrogens with one attached hydrogen (secondary N) is 2. The predicted octanol–water partition coefficient (Wildman–Crippen LogP) is 5.60. The monoisotopic (exact) mass is 470 g/mol. The highest BCUT2D eigenvalue weighted by Crippen LogP contribution is 2.45. The molecule has 0 aliphatic carbocycles. The fraction of sp³-hybridized carbons (Fsp3) is 0.792. The maximum Gasteiger partial charge on any atom is 0.341 e. The van der Waals surface area contributed by atoms with Gasteiger partial charge in [0, 0.05) is 6.54 Å². The number of aliphatic carboxylic acids is 1. The van der Waals surface area contributed by atoms with E-state index >= 15 is 0 Å². The Morgan fingerprint density at radius 1 is 1.03 bits per heavy atom. The molecule has 0 aromatic carbocycles. The van der Waals surface area contributed by atoms with Gasteiger partial charge in [-0.1, -0.05) is 76.5 Å². The molecule has 1 aliphatic rings. The molecule has 0 aromatic heterocycles. The Morgan fingerprint density at radius 2 is 1.56 bits per heavy atom. The highest BCUT2D eigenvalue weighted by Gasteiger charge is 2.49. The number of amides is 2. The molecule has 1 rings (SSSR count). The van der Waals surface area contributed by atoms with Gasteiger partial charge >= 0.3 is 18.0 Å². The van der Waals surface area contributed by atoms with E-state index in [0.717, 1.165) is 31.0 Å². The number of carboxylic acids is 1. The Morgan fingerprint density at radius 3 is 2.06 bits per heavy atom. The van der Waals surface area contributed by atoms with E-state index in [-0.39, 0.29) is 4.91 Å². The van der Waals surface area contributed by atoms with E-state index in [0.29, 0.717) is 6.54 Å². The van der Waals surface area contributed by atoms with Gasteiger partial charge in [0.2, 0.25) is 0 Å². The van der Waals surface area contributed by atoms with Crippen LogP contribution in [0.15, 0.2) is 11.0 Å². The first-order valence-electron chi connectivity index (χ1n) is 11.9. The normalized spacial score (nSPS) is 20.5. The second kappa shape index (κ2) is 13.8. The van der Waals surface area contributed by atoms with Gasteiger partial charge in [-0.15, -0.1) is 0 Å². The molecule has 3 N–H and O–H groups in total. The second-order valence-electron chi connectivity index (χ2n) is 9.68. The lowest BCUT2D eigenvalue weighted by molar-refractivity contribution is -0.163. The molecule has 0 saturated heterocycles. The number of hydrogen-bond donors (Lipinski definition) is 3. The molecule has 0 bridgehead atoms. The number of rotatable bonds is 14. The van der Waals surface area contributed by atoms with Crippen molar-refractivity contribution in [3.05, 3.63) is 11.0 Å². The number of ether oxygens (including phenoxy) is 1. The molecule has 184 valence electrons. The highest BCUT2D eigenvalue weighted by atomic mass is 32.2. The largest absolute Gasteiger partial charge is 0.477 e. The zero-order valence-corrected chi connectivity index (χ0v) is 21.2. The first kappa shape index (κ1) is 28.3. The van der Waals surface area contributed by atoms with Crippen LogP contribution in [-0.2, 0) is 14.3 Å². The van der Waals surface area contributed by atoms with Crippen LogP contribution in [0.4, 0.5) is 4.79 Å². The third-order valence-electron chi connectivity index (χ3n) is 5.35. The van der Waals surface area contributed by atoms with Gasteiger partial charge in [0.1, 0.15) is 16.4 Å². The van der Waals surface area contributed by atoms with E-state index in [1.165, 1.54) is 51.0 Å². The minimum atomic E-state index is -1.26. The predicted molar refractivity (Wildman–Crippen MR) is 129 cm³/mol. The number of carboxylic acid groups (broad SMARTS) is 1. The molecule has 1 heterocycles. The van der Waals surface area contributed by atoms with Crippen LogP contribution in [-0.4, -0.2) is 40.6 Å². The topological polar surface area (TPSA) is 105 Å². The van der Waals surface area contributed by atoms with E-state index < -0.39 is 34.4 Å². The number of carbonyl (C=O) groups excluding carboxylic acids is 2. The van der Waals surface area contributed by atoms with Crippen LogP contribution in [0.1, 0.15) is 98.8 Å². The molecule has 0 radical (unpaired) electrons. The summed E-state index contributed by atoms with van der Waals surface area (Å²) in [5.74, 6) is -1.69. The molecule has 0 aromatic rings. The first-order chi connectivity index (χ1) is 15.0. The molecule has 2 amide bonds. The minimum absolute atomic E-state index is 0.0263. The Bertz CT molecular complexity index is 659. The zero-order chi connectivity index (χ0) is 24.2. The summed E-state index contributed by atoms with van der Waals surface area (Å²) in [6.45, 7) is 9.61. The number of hydrogen-bond acceptors (Lipinski definition) is 5. The van der Waals surface area contributed by atoms with Crippen molar-refractivity contribution in [1.29, 1.82) is 0 Å². The van der Waals surface area contributed by atoms with Crippen molar-refractivity contribution in [3.8, 4) is 0 Å². The van der Waals surface area contributed by atoms with Gasteiger partial charge in [0.25, 0.3) is 0 Å². The van der Waals surface area contributed by atoms with Crippen LogP contribution < -0.4 is 10.6 Å². The molecule has 0 fully saturated rings. The molecule has 2 atom stereocenters. The van der Waals surface area contributed by atoms with Gasteiger partial charge in [-0.25, -0.2) is 9.59 Å². The highest BCUT2D eigenvalue weighted by molar-refractivity contribution is 8.04. The lowest BCUT2D eigenvalue weighted by atomic mass is 9.89. The third-order valence-corrected chi connectivity index (χ3v) is 6.74. The zero-order valence-electron chi connectivity index (χ0n) is 20.4. The molecule has 1 aliphatic heterocycles. The molecule has 32 heavy (non-hydrogen) atoms. The van der Waals surface area contributed by atoms with Crippen molar-refractivity contribution in [2.24, 2.45) is 5.41 Å². The molecule has 8 heteroatoms. The van der Waals surface area contributed by atoms with E-state index in [1.54, 1.807) is 27.7 Å². The van der Waals surface area contributed by atoms with Crippen LogP contribution in [0.2, 0.25) is 0 Å². The fourth-order valence-electron chi connectivity index (χ4n) is 3.46. The van der Waals surface area contributed by atoms with Crippen LogP contribution in [0, 0.1) is 5.41 Å². The summed E-state index contributed by atoms with van der Waals surface area (Å²) < 4.78 is 5.48. The maximum absolute atomic E-state index is 12.8. The number of unbranched alkanes of at least 4 members (excludes halogenated alkanes) is 9. The summed E-state index contributed by atoms with van der Waals surface area (Å²) in [7, 11) is 0. The van der Waals surface area contributed by atoms with Crippen LogP contribution in [0.3, 0.4) is 0 Å². The van der Waals surface area contributed by atoms with Gasteiger partial charge in [-0.3, -0.25) is 4.79 Å². The molecule has 2 unspecified atom stereocenters. The number of esters is 1. The van der Waals surface area contributed by atoms with Crippen molar-refractivity contribution in [1.82, 2.24) is 10.6 Å². The summed E-state index contributed by atoms with van der Waals surface area (Å²) in [4.78, 5) is 36.6. The Hall–Kier alpha value is -1.70. The van der Waals surface area contributed by atoms with Gasteiger partial charge in [0.05, 0.1) is 4.91 Å². The summed E-state index contributed by atoms with van der Waals surface area (Å²) in [6.07, 6.45) is 13.6. The van der Waals surface area contributed by atoms with Crippen molar-refractivity contribution in [2.45, 2.75) is 110 Å². The van der Waals surface area contributed by atoms with Crippen LogP contribution >= 0.6 is 11.8 Å². The van der Waals surface area contributed by atoms with Gasteiger partial charge in [-0.2, -0.15) is 0 Å². The summed E-state index contributed by atoms with van der Waals surface area (Å²) >= 11 is 0.957. The van der Waals surface area contributed by atoms with Crippen LogP contribution in [0.5, 0.6) is 0 Å². The van der Waals surface area contributed by atoms with Gasteiger partial charge < -0.3 is 20.5 Å². The lowest BCUT2D eigenvalue weighted by Gasteiger charge is -2.31. The molecular formula is C24H42N2O5S. The standard InChI is InChI=1S/C24H42N2O5S/c1-6-7-8-9-10-11-12-13-14-15-16-25-22(30)26-20-24(5,17-18(32-20)19(27)28)21(29)31-23(2,3)4/h17,20H,6-16H2,1-5H3,(H,27,28)(H2,25,26,30). The maximum atomic E-state index is 12.8. The fourth-order valence-corrected chi connectivity index (χ4v) is 4.70. The van der Waals surface area contributed by atoms with Crippen LogP contribution in [0.25, 0.3) is 0 Å². The minimum Gasteiger partial charge on any atom is -0.477 e. The van der Waals surface area contributed by atoms with Crippen molar-refractivity contribution in [3.63, 3.8) is 0 Å². The van der Waals surface area contributed by atoms with E-state index in [4.69, 9.17) is 4.74 Å². The summed E-state index contributed by atoms with van der Waals surface area (Å²) in [6, 6.07) is -0.409. The number of carbonyl (C=O) groups is 3. The molecule has 7 nitrogen and oxygen atoms in total. The van der Waals surface area contributed by atoms with Crippen molar-refractivity contribution < 1.29 is 24.2 Å². The quantitative estimate of drug-likeness (QED) is 0.226. The van der Waals surface area contributed by atoms with E-state index in [1.807, 2.05) is 0 Å².